The van der Waals surface area contributed by atoms with Gasteiger partial charge < -0.3 is 9.88 Å². The second-order valence-electron chi connectivity index (χ2n) is 5.69. The maximum atomic E-state index is 12.7. The number of nitrogens with one attached hydrogen (secondary N) is 1. The Balaban J connectivity index is 1.82. The summed E-state index contributed by atoms with van der Waals surface area (Å²) < 4.78 is 1.88. The Kier molecular flexibility index (Phi) is 3.83. The first-order chi connectivity index (χ1) is 10.6. The zero-order chi connectivity index (χ0) is 15.7. The fourth-order valence-corrected chi connectivity index (χ4v) is 2.90. The lowest BCUT2D eigenvalue weighted by Gasteiger charge is -2.28. The Morgan fingerprint density at radius 3 is 3.00 bits per heavy atom. The minimum absolute atomic E-state index is 0.0108. The number of pyridine rings is 1. The highest BCUT2D eigenvalue weighted by Crippen LogP contribution is 2.20. The summed E-state index contributed by atoms with van der Waals surface area (Å²) in [7, 11) is 0. The average molecular weight is 300 g/mol. The molecule has 1 amide bonds. The van der Waals surface area contributed by atoms with Crippen LogP contribution in [0.15, 0.2) is 23.3 Å². The summed E-state index contributed by atoms with van der Waals surface area (Å²) in [5, 5.41) is 4.30. The maximum Gasteiger partial charge on any atom is 0.257 e. The van der Waals surface area contributed by atoms with E-state index in [2.05, 4.69) is 17.0 Å². The molecular formula is C16H20N4O2. The molecule has 2 aromatic rings. The number of nitrogens with zero attached hydrogens (tertiary/aromatic N) is 3. The Hall–Kier alpha value is -2.37. The molecule has 1 aliphatic heterocycles. The molecule has 0 spiro atoms. The van der Waals surface area contributed by atoms with Crippen molar-refractivity contribution in [2.45, 2.75) is 39.8 Å². The second-order valence-corrected chi connectivity index (χ2v) is 5.69. The lowest BCUT2D eigenvalue weighted by atomic mass is 10.0. The maximum absolute atomic E-state index is 12.7. The molecule has 0 fully saturated rings. The number of hydrogen-bond donors (Lipinski definition) is 1. The topological polar surface area (TPSA) is 71.0 Å². The molecule has 0 aromatic carbocycles. The zero-order valence-corrected chi connectivity index (χ0v) is 12.9. The predicted octanol–water partition coefficient (Wildman–Crippen LogP) is 1.49. The Labute approximate surface area is 128 Å². The summed E-state index contributed by atoms with van der Waals surface area (Å²) >= 11 is 0. The lowest BCUT2D eigenvalue weighted by molar-refractivity contribution is 0.0733. The van der Waals surface area contributed by atoms with Crippen LogP contribution in [-0.4, -0.2) is 32.1 Å². The highest BCUT2D eigenvalue weighted by atomic mass is 16.2. The van der Waals surface area contributed by atoms with Crippen LogP contribution >= 0.6 is 0 Å². The number of hydrogen-bond acceptors (Lipinski definition) is 3. The van der Waals surface area contributed by atoms with Gasteiger partial charge in [-0.25, -0.2) is 0 Å². The zero-order valence-electron chi connectivity index (χ0n) is 12.9. The van der Waals surface area contributed by atoms with Gasteiger partial charge in [-0.2, -0.15) is 5.10 Å². The van der Waals surface area contributed by atoms with Crippen LogP contribution in [0.1, 0.15) is 40.5 Å². The van der Waals surface area contributed by atoms with Crippen LogP contribution in [-0.2, 0) is 19.5 Å². The van der Waals surface area contributed by atoms with E-state index in [0.29, 0.717) is 25.1 Å². The number of carbonyl (C=O) groups excluding carboxylic acids is 1. The van der Waals surface area contributed by atoms with Crippen LogP contribution in [0.5, 0.6) is 0 Å². The molecule has 22 heavy (non-hydrogen) atoms. The number of rotatable bonds is 3. The van der Waals surface area contributed by atoms with Gasteiger partial charge in [0.2, 0.25) is 5.56 Å². The van der Waals surface area contributed by atoms with Crippen molar-refractivity contribution in [1.82, 2.24) is 19.7 Å². The third-order valence-electron chi connectivity index (χ3n) is 4.17. The van der Waals surface area contributed by atoms with E-state index in [9.17, 15) is 9.59 Å². The van der Waals surface area contributed by atoms with Gasteiger partial charge in [0.15, 0.2) is 0 Å². The van der Waals surface area contributed by atoms with Gasteiger partial charge >= 0.3 is 0 Å². The van der Waals surface area contributed by atoms with E-state index in [4.69, 9.17) is 0 Å². The summed E-state index contributed by atoms with van der Waals surface area (Å²) in [6.45, 7) is 6.01. The van der Waals surface area contributed by atoms with Crippen molar-refractivity contribution in [2.75, 3.05) is 6.54 Å². The highest BCUT2D eigenvalue weighted by molar-refractivity contribution is 5.95. The first kappa shape index (κ1) is 14.6. The summed E-state index contributed by atoms with van der Waals surface area (Å²) in [5.74, 6) is 0.0108. The number of aromatic nitrogens is 3. The number of H-pyrrole nitrogens is 1. The Bertz CT molecular complexity index is 760. The molecule has 2 aromatic heterocycles. The largest absolute Gasteiger partial charge is 0.334 e. The summed E-state index contributed by atoms with van der Waals surface area (Å²) in [6.07, 6.45) is 5.08. The van der Waals surface area contributed by atoms with Crippen molar-refractivity contribution < 1.29 is 4.79 Å². The molecule has 0 bridgehead atoms. The van der Waals surface area contributed by atoms with E-state index in [0.717, 1.165) is 29.8 Å². The van der Waals surface area contributed by atoms with E-state index in [1.165, 1.54) is 0 Å². The first-order valence-electron chi connectivity index (χ1n) is 7.62. The molecule has 3 heterocycles. The quantitative estimate of drug-likeness (QED) is 0.933. The normalized spacial score (nSPS) is 14.0. The molecule has 0 unspecified atom stereocenters. The highest BCUT2D eigenvalue weighted by Gasteiger charge is 2.24. The van der Waals surface area contributed by atoms with Crippen molar-refractivity contribution in [2.24, 2.45) is 0 Å². The average Bonchev–Trinajstić information content (AvgIpc) is 2.87. The third kappa shape index (κ3) is 2.56. The van der Waals surface area contributed by atoms with Gasteiger partial charge in [-0.05, 0) is 30.9 Å². The Morgan fingerprint density at radius 2 is 2.23 bits per heavy atom. The number of amides is 1. The molecule has 6 nitrogen and oxygen atoms in total. The molecule has 1 N–H and O–H groups in total. The number of carbonyl (C=O) groups is 1. The van der Waals surface area contributed by atoms with Gasteiger partial charge in [-0.3, -0.25) is 14.3 Å². The molecule has 0 saturated heterocycles. The minimum atomic E-state index is -0.0878. The fourth-order valence-electron chi connectivity index (χ4n) is 2.90. The molecular weight excluding hydrogens is 280 g/mol. The van der Waals surface area contributed by atoms with Gasteiger partial charge in [-0.15, -0.1) is 0 Å². The van der Waals surface area contributed by atoms with E-state index in [1.807, 2.05) is 16.5 Å². The van der Waals surface area contributed by atoms with Crippen molar-refractivity contribution in [3.05, 3.63) is 51.2 Å². The molecule has 116 valence electrons. The van der Waals surface area contributed by atoms with Crippen LogP contribution in [0, 0.1) is 6.92 Å². The molecule has 0 radical (unpaired) electrons. The van der Waals surface area contributed by atoms with Gasteiger partial charge in [0.1, 0.15) is 0 Å². The number of aromatic amines is 1. The van der Waals surface area contributed by atoms with Gasteiger partial charge in [0.25, 0.3) is 5.91 Å². The SMILES string of the molecule is CCCn1ncc(C(=O)N2CCc3cc(=O)[nH]cc3C2)c1C. The van der Waals surface area contributed by atoms with E-state index < -0.39 is 0 Å². The van der Waals surface area contributed by atoms with Gasteiger partial charge in [0, 0.05) is 37.6 Å². The third-order valence-corrected chi connectivity index (χ3v) is 4.17. The number of aryl methyl sites for hydroxylation is 1. The fraction of sp³-hybridized carbons (Fsp3) is 0.438. The monoisotopic (exact) mass is 300 g/mol. The molecule has 0 saturated carbocycles. The molecule has 6 heteroatoms. The van der Waals surface area contributed by atoms with Crippen LogP contribution < -0.4 is 5.56 Å². The minimum Gasteiger partial charge on any atom is -0.334 e. The second kappa shape index (κ2) is 5.79. The molecule has 3 rings (SSSR count). The van der Waals surface area contributed by atoms with E-state index >= 15 is 0 Å². The van der Waals surface area contributed by atoms with Crippen molar-refractivity contribution in [3.63, 3.8) is 0 Å². The van der Waals surface area contributed by atoms with Crippen molar-refractivity contribution >= 4 is 5.91 Å². The Morgan fingerprint density at radius 1 is 1.41 bits per heavy atom. The van der Waals surface area contributed by atoms with Crippen LogP contribution in [0.4, 0.5) is 0 Å². The predicted molar refractivity (Wildman–Crippen MR) is 82.8 cm³/mol. The summed E-state index contributed by atoms with van der Waals surface area (Å²) in [6, 6.07) is 1.63. The first-order valence-corrected chi connectivity index (χ1v) is 7.62. The molecule has 0 atom stereocenters. The van der Waals surface area contributed by atoms with Crippen LogP contribution in [0.25, 0.3) is 0 Å². The van der Waals surface area contributed by atoms with Gasteiger partial charge in [-0.1, -0.05) is 6.92 Å². The van der Waals surface area contributed by atoms with Crippen molar-refractivity contribution in [1.29, 1.82) is 0 Å². The van der Waals surface area contributed by atoms with Gasteiger partial charge in [0.05, 0.1) is 11.8 Å². The molecule has 1 aliphatic rings. The summed E-state index contributed by atoms with van der Waals surface area (Å²) in [5.41, 5.74) is 3.54. The van der Waals surface area contributed by atoms with E-state index in [-0.39, 0.29) is 11.5 Å². The smallest absolute Gasteiger partial charge is 0.257 e. The molecule has 0 aliphatic carbocycles. The van der Waals surface area contributed by atoms with Crippen molar-refractivity contribution in [3.8, 4) is 0 Å². The van der Waals surface area contributed by atoms with E-state index in [1.54, 1.807) is 18.5 Å². The number of fused-ring (bicyclic) bond motifs is 1. The van der Waals surface area contributed by atoms with Crippen LogP contribution in [0.3, 0.4) is 0 Å². The lowest BCUT2D eigenvalue weighted by Crippen LogP contribution is -2.36. The summed E-state index contributed by atoms with van der Waals surface area (Å²) in [4.78, 5) is 28.6. The van der Waals surface area contributed by atoms with Crippen LogP contribution in [0.2, 0.25) is 0 Å². The standard InChI is InChI=1S/C16H20N4O2/c1-3-5-20-11(2)14(9-18-20)16(22)19-6-4-12-7-15(21)17-8-13(12)10-19/h7-9H,3-6,10H2,1-2H3,(H,17,21).